The molecule has 2 rings (SSSR count). The lowest BCUT2D eigenvalue weighted by molar-refractivity contribution is 0.306. The molecule has 0 saturated heterocycles. The van der Waals surface area contributed by atoms with Crippen LogP contribution in [0.5, 0.6) is 5.75 Å². The van der Waals surface area contributed by atoms with Gasteiger partial charge in [-0.2, -0.15) is 0 Å². The minimum absolute atomic E-state index is 0.238. The van der Waals surface area contributed by atoms with Gasteiger partial charge in [-0.3, -0.25) is 0 Å². The molecule has 0 unspecified atom stereocenters. The summed E-state index contributed by atoms with van der Waals surface area (Å²) in [5.74, 6) is 0.548. The van der Waals surface area contributed by atoms with Crippen molar-refractivity contribution in [1.29, 1.82) is 0 Å². The van der Waals surface area contributed by atoms with Gasteiger partial charge in [0.2, 0.25) is 0 Å². The van der Waals surface area contributed by atoms with Gasteiger partial charge in [0.25, 0.3) is 0 Å². The average Bonchev–Trinajstić information content (AvgIpc) is 2.38. The molecule has 0 atom stereocenters. The number of benzene rings is 2. The molecule has 0 aliphatic rings. The summed E-state index contributed by atoms with van der Waals surface area (Å²) in [6.45, 7) is 0.420. The standard InChI is InChI=1S/C13H12BClO3/c15-13-7-6-11(8-12(13)14(16)17)18-9-10-4-2-1-3-5-10/h1-8,16-17H,9H2. The third-order valence-electron chi connectivity index (χ3n) is 2.49. The maximum Gasteiger partial charge on any atom is 0.490 e. The first-order valence-corrected chi connectivity index (χ1v) is 5.87. The normalized spacial score (nSPS) is 10.2. The fourth-order valence-corrected chi connectivity index (χ4v) is 1.77. The van der Waals surface area contributed by atoms with Gasteiger partial charge in [-0.15, -0.1) is 0 Å². The number of rotatable bonds is 4. The van der Waals surface area contributed by atoms with Crippen LogP contribution in [0.4, 0.5) is 0 Å². The van der Waals surface area contributed by atoms with E-state index >= 15 is 0 Å². The van der Waals surface area contributed by atoms with Crippen molar-refractivity contribution in [2.45, 2.75) is 6.61 Å². The summed E-state index contributed by atoms with van der Waals surface area (Å²) in [7, 11) is -1.60. The Bertz CT molecular complexity index is 517. The van der Waals surface area contributed by atoms with Gasteiger partial charge in [0.15, 0.2) is 0 Å². The molecule has 18 heavy (non-hydrogen) atoms. The molecule has 0 aliphatic heterocycles. The van der Waals surface area contributed by atoms with Gasteiger partial charge >= 0.3 is 7.12 Å². The van der Waals surface area contributed by atoms with E-state index in [1.165, 1.54) is 6.07 Å². The second kappa shape index (κ2) is 5.91. The molecule has 0 radical (unpaired) electrons. The van der Waals surface area contributed by atoms with E-state index in [-0.39, 0.29) is 5.46 Å². The van der Waals surface area contributed by atoms with Crippen molar-refractivity contribution in [1.82, 2.24) is 0 Å². The van der Waals surface area contributed by atoms with E-state index in [0.717, 1.165) is 5.56 Å². The maximum absolute atomic E-state index is 9.13. The van der Waals surface area contributed by atoms with Crippen LogP contribution in [0.15, 0.2) is 48.5 Å². The Morgan fingerprint density at radius 1 is 1.06 bits per heavy atom. The Labute approximate surface area is 111 Å². The van der Waals surface area contributed by atoms with Crippen molar-refractivity contribution in [2.75, 3.05) is 0 Å². The zero-order valence-electron chi connectivity index (χ0n) is 9.58. The second-order valence-corrected chi connectivity index (χ2v) is 4.24. The molecule has 0 heterocycles. The molecule has 0 saturated carbocycles. The van der Waals surface area contributed by atoms with E-state index in [9.17, 15) is 0 Å². The molecule has 0 spiro atoms. The lowest BCUT2D eigenvalue weighted by Gasteiger charge is -2.09. The Balaban J connectivity index is 2.08. The van der Waals surface area contributed by atoms with E-state index in [1.807, 2.05) is 30.3 Å². The SMILES string of the molecule is OB(O)c1cc(OCc2ccccc2)ccc1Cl. The van der Waals surface area contributed by atoms with E-state index < -0.39 is 7.12 Å². The summed E-state index contributed by atoms with van der Waals surface area (Å²) < 4.78 is 5.56. The fourth-order valence-electron chi connectivity index (χ4n) is 1.55. The molecule has 0 aromatic heterocycles. The summed E-state index contributed by atoms with van der Waals surface area (Å²) in [5.41, 5.74) is 1.28. The predicted octanol–water partition coefficient (Wildman–Crippen LogP) is 1.60. The van der Waals surface area contributed by atoms with Crippen LogP contribution in [0.3, 0.4) is 0 Å². The number of halogens is 1. The summed E-state index contributed by atoms with van der Waals surface area (Å²) >= 11 is 5.83. The van der Waals surface area contributed by atoms with Gasteiger partial charge in [-0.1, -0.05) is 41.9 Å². The van der Waals surface area contributed by atoms with Gasteiger partial charge < -0.3 is 14.8 Å². The van der Waals surface area contributed by atoms with Crippen molar-refractivity contribution in [3.05, 3.63) is 59.1 Å². The third kappa shape index (κ3) is 3.26. The highest BCUT2D eigenvalue weighted by Crippen LogP contribution is 2.15. The quantitative estimate of drug-likeness (QED) is 0.823. The van der Waals surface area contributed by atoms with Crippen LogP contribution in [-0.2, 0) is 6.61 Å². The zero-order chi connectivity index (χ0) is 13.0. The van der Waals surface area contributed by atoms with Crippen molar-refractivity contribution in [3.8, 4) is 5.75 Å². The molecule has 0 amide bonds. The molecular formula is C13H12BClO3. The smallest absolute Gasteiger partial charge is 0.489 e. The van der Waals surface area contributed by atoms with Crippen LogP contribution in [0, 0.1) is 0 Å². The first-order chi connectivity index (χ1) is 8.66. The predicted molar refractivity (Wildman–Crippen MR) is 72.1 cm³/mol. The van der Waals surface area contributed by atoms with Gasteiger partial charge in [0.1, 0.15) is 12.4 Å². The van der Waals surface area contributed by atoms with Gasteiger partial charge in [-0.05, 0) is 23.8 Å². The lowest BCUT2D eigenvalue weighted by atomic mass is 9.80. The van der Waals surface area contributed by atoms with Gasteiger partial charge in [0, 0.05) is 10.5 Å². The highest BCUT2D eigenvalue weighted by molar-refractivity contribution is 6.62. The van der Waals surface area contributed by atoms with Crippen LogP contribution in [0.1, 0.15) is 5.56 Å². The first-order valence-electron chi connectivity index (χ1n) is 5.49. The number of hydrogen-bond acceptors (Lipinski definition) is 3. The number of ether oxygens (including phenoxy) is 1. The molecule has 2 aromatic carbocycles. The van der Waals surface area contributed by atoms with Crippen LogP contribution in [0.2, 0.25) is 5.02 Å². The van der Waals surface area contributed by atoms with Crippen LogP contribution < -0.4 is 10.2 Å². The van der Waals surface area contributed by atoms with Gasteiger partial charge in [0.05, 0.1) is 0 Å². The Morgan fingerprint density at radius 2 is 1.78 bits per heavy atom. The monoisotopic (exact) mass is 262 g/mol. The van der Waals surface area contributed by atoms with Crippen molar-refractivity contribution in [2.24, 2.45) is 0 Å². The summed E-state index contributed by atoms with van der Waals surface area (Å²) in [6, 6.07) is 14.5. The Morgan fingerprint density at radius 3 is 2.44 bits per heavy atom. The summed E-state index contributed by atoms with van der Waals surface area (Å²) in [5, 5.41) is 18.6. The molecule has 5 heteroatoms. The van der Waals surface area contributed by atoms with Crippen LogP contribution in [-0.4, -0.2) is 17.2 Å². The second-order valence-electron chi connectivity index (χ2n) is 3.83. The average molecular weight is 263 g/mol. The van der Waals surface area contributed by atoms with Crippen molar-refractivity contribution < 1.29 is 14.8 Å². The van der Waals surface area contributed by atoms with Crippen molar-refractivity contribution >= 4 is 24.2 Å². The molecule has 92 valence electrons. The van der Waals surface area contributed by atoms with E-state index in [1.54, 1.807) is 12.1 Å². The zero-order valence-corrected chi connectivity index (χ0v) is 10.3. The van der Waals surface area contributed by atoms with Crippen molar-refractivity contribution in [3.63, 3.8) is 0 Å². The van der Waals surface area contributed by atoms with E-state index in [0.29, 0.717) is 17.4 Å². The molecule has 0 bridgehead atoms. The van der Waals surface area contributed by atoms with E-state index in [2.05, 4.69) is 0 Å². The fraction of sp³-hybridized carbons (Fsp3) is 0.0769. The maximum atomic E-state index is 9.13. The molecular weight excluding hydrogens is 250 g/mol. The summed E-state index contributed by atoms with van der Waals surface area (Å²) in [6.07, 6.45) is 0. The highest BCUT2D eigenvalue weighted by Gasteiger charge is 2.15. The molecule has 0 fully saturated rings. The highest BCUT2D eigenvalue weighted by atomic mass is 35.5. The summed E-state index contributed by atoms with van der Waals surface area (Å²) in [4.78, 5) is 0. The number of hydrogen-bond donors (Lipinski definition) is 2. The van der Waals surface area contributed by atoms with E-state index in [4.69, 9.17) is 26.4 Å². The van der Waals surface area contributed by atoms with Crippen LogP contribution >= 0.6 is 11.6 Å². The molecule has 3 nitrogen and oxygen atoms in total. The van der Waals surface area contributed by atoms with Crippen LogP contribution in [0.25, 0.3) is 0 Å². The lowest BCUT2D eigenvalue weighted by Crippen LogP contribution is -2.30. The largest absolute Gasteiger partial charge is 0.490 e. The molecule has 0 aliphatic carbocycles. The molecule has 2 N–H and O–H groups in total. The minimum Gasteiger partial charge on any atom is -0.489 e. The Kier molecular flexibility index (Phi) is 4.26. The van der Waals surface area contributed by atoms with Gasteiger partial charge in [-0.25, -0.2) is 0 Å². The molecule has 2 aromatic rings. The third-order valence-corrected chi connectivity index (χ3v) is 2.84. The Hall–Kier alpha value is -1.49. The minimum atomic E-state index is -1.60. The topological polar surface area (TPSA) is 49.7 Å². The first kappa shape index (κ1) is 13.0.